The van der Waals surface area contributed by atoms with Crippen LogP contribution in [0, 0.1) is 6.92 Å². The summed E-state index contributed by atoms with van der Waals surface area (Å²) >= 11 is 0. The maximum absolute atomic E-state index is 12.3. The van der Waals surface area contributed by atoms with E-state index in [9.17, 15) is 44.0 Å². The average molecular weight is 1000 g/mol. The van der Waals surface area contributed by atoms with Crippen molar-refractivity contribution >= 4 is 108 Å². The molecular weight excluding hydrogens is 963 g/mol. The monoisotopic (exact) mass is 1000 g/mol. The number of hydrogen-bond acceptors (Lipinski definition) is 16. The summed E-state index contributed by atoms with van der Waals surface area (Å²) in [5.41, 5.74) is 3.48. The summed E-state index contributed by atoms with van der Waals surface area (Å²) in [6.07, 6.45) is 0.319. The third-order valence-electron chi connectivity index (χ3n) is 10.8. The molecule has 0 amide bonds. The van der Waals surface area contributed by atoms with E-state index in [4.69, 9.17) is 9.47 Å². The summed E-state index contributed by atoms with van der Waals surface area (Å²) in [4.78, 5) is -0.718. The Hall–Kier alpha value is -7.73. The Morgan fingerprint density at radius 1 is 0.543 bits per heavy atom. The molecule has 5 N–H and O–H groups in total. The minimum absolute atomic E-state index is 0.00257. The smallest absolute Gasteiger partial charge is 0.295 e. The molecule has 0 bridgehead atoms. The summed E-state index contributed by atoms with van der Waals surface area (Å²) in [5, 5.41) is 43.4. The van der Waals surface area contributed by atoms with Gasteiger partial charge in [0.1, 0.15) is 27.8 Å². The molecule has 0 aromatic heterocycles. The van der Waals surface area contributed by atoms with Crippen LogP contribution >= 0.6 is 0 Å². The largest absolute Gasteiger partial charge is 0.505 e. The zero-order valence-corrected chi connectivity index (χ0v) is 39.4. The zero-order valence-electron chi connectivity index (χ0n) is 37.0. The normalized spacial score (nSPS) is 12.5. The van der Waals surface area contributed by atoms with Crippen LogP contribution in [0.5, 0.6) is 17.2 Å². The van der Waals surface area contributed by atoms with Crippen LogP contribution in [-0.2, 0) is 30.4 Å². The number of azo groups is 3. The predicted octanol–water partition coefficient (Wildman–Crippen LogP) is 12.7. The fourth-order valence-electron chi connectivity index (χ4n) is 7.31. The van der Waals surface area contributed by atoms with Crippen molar-refractivity contribution in [1.29, 1.82) is 0 Å². The first-order chi connectivity index (χ1) is 33.3. The number of unbranched alkanes of at least 4 members (excludes halogenated alkanes) is 1. The van der Waals surface area contributed by atoms with Crippen molar-refractivity contribution < 1.29 is 53.5 Å². The summed E-state index contributed by atoms with van der Waals surface area (Å²) in [6.45, 7) is 1.72. The molecule has 0 aliphatic heterocycles. The average Bonchev–Trinajstić information content (AvgIpc) is 3.32. The molecule has 0 saturated carbocycles. The first-order valence-corrected chi connectivity index (χ1v) is 25.5. The van der Waals surface area contributed by atoms with Crippen molar-refractivity contribution in [2.75, 3.05) is 24.8 Å². The summed E-state index contributed by atoms with van der Waals surface area (Å²) in [6, 6.07) is 35.4. The lowest BCUT2D eigenvalue weighted by molar-refractivity contribution is 0.310. The number of nitrogens with one attached hydrogen (secondary N) is 1. The number of anilines is 2. The Kier molecular flexibility index (Phi) is 14.0. The van der Waals surface area contributed by atoms with E-state index < -0.39 is 41.0 Å². The first kappa shape index (κ1) is 48.7. The minimum Gasteiger partial charge on any atom is -0.505 e. The van der Waals surface area contributed by atoms with E-state index in [-0.39, 0.29) is 75.1 Å². The zero-order chi connectivity index (χ0) is 49.8. The third-order valence-corrected chi connectivity index (χ3v) is 13.4. The summed E-state index contributed by atoms with van der Waals surface area (Å²) in [5.74, 6) is 0.258. The lowest BCUT2D eigenvalue weighted by Gasteiger charge is -2.11. The van der Waals surface area contributed by atoms with Gasteiger partial charge in [-0.15, -0.1) is 20.5 Å². The van der Waals surface area contributed by atoms with Gasteiger partial charge in [-0.1, -0.05) is 30.3 Å². The fraction of sp³-hybridized carbons (Fsp3) is 0.125. The Bertz CT molecular complexity index is 3780. The molecule has 0 fully saturated rings. The molecule has 0 aliphatic carbocycles. The van der Waals surface area contributed by atoms with Crippen LogP contribution in [0.1, 0.15) is 18.4 Å². The molecule has 0 heterocycles. The number of ether oxygens (including phenoxy) is 2. The van der Waals surface area contributed by atoms with Crippen LogP contribution in [0.4, 0.5) is 45.5 Å². The quantitative estimate of drug-likeness (QED) is 0.0322. The van der Waals surface area contributed by atoms with Gasteiger partial charge in [-0.3, -0.25) is 13.7 Å². The van der Waals surface area contributed by atoms with E-state index in [1.165, 1.54) is 48.5 Å². The number of nitrogens with zero attached hydrogens (tertiary/aromatic N) is 6. The third kappa shape index (κ3) is 11.6. The van der Waals surface area contributed by atoms with Crippen molar-refractivity contribution in [3.05, 3.63) is 139 Å². The van der Waals surface area contributed by atoms with Gasteiger partial charge in [0.2, 0.25) is 0 Å². The van der Waals surface area contributed by atoms with E-state index in [2.05, 4.69) is 36.0 Å². The molecule has 19 nitrogen and oxygen atoms in total. The number of aromatic hydroxyl groups is 1. The number of fused-ring (bicyclic) bond motifs is 3. The highest BCUT2D eigenvalue weighted by atomic mass is 32.2. The molecule has 8 rings (SSSR count). The highest BCUT2D eigenvalue weighted by Crippen LogP contribution is 2.42. The van der Waals surface area contributed by atoms with Crippen molar-refractivity contribution in [3.63, 3.8) is 0 Å². The van der Waals surface area contributed by atoms with E-state index >= 15 is 0 Å². The molecule has 0 aliphatic rings. The van der Waals surface area contributed by atoms with E-state index in [0.29, 0.717) is 32.8 Å². The second-order valence-corrected chi connectivity index (χ2v) is 20.1. The van der Waals surface area contributed by atoms with E-state index in [0.717, 1.165) is 17.1 Å². The highest BCUT2D eigenvalue weighted by Gasteiger charge is 2.17. The maximum atomic E-state index is 12.3. The van der Waals surface area contributed by atoms with Gasteiger partial charge >= 0.3 is 0 Å². The topological polar surface area (TPSA) is 288 Å². The SMILES string of the molecule is COc1ccc(Nc2ccc3c(O)c(N=Nc4ccc(N=Nc5cc(C)c(N=Nc6ccc7cccc(S(=O)(=O)O)c7c6)cc5OCCCCS(=O)(=O)O)c5ccc(S(=O)(=O)O)cc45)ccc3c2)cc1. The Labute approximate surface area is 401 Å². The highest BCUT2D eigenvalue weighted by molar-refractivity contribution is 7.86. The molecule has 0 spiro atoms. The van der Waals surface area contributed by atoms with Crippen LogP contribution in [0.25, 0.3) is 32.3 Å². The fourth-order valence-corrected chi connectivity index (χ4v) is 9.09. The lowest BCUT2D eigenvalue weighted by atomic mass is 10.1. The van der Waals surface area contributed by atoms with Crippen molar-refractivity contribution in [1.82, 2.24) is 0 Å². The number of hydrogen-bond donors (Lipinski definition) is 5. The molecule has 358 valence electrons. The Balaban J connectivity index is 1.11. The Morgan fingerprint density at radius 2 is 1.20 bits per heavy atom. The van der Waals surface area contributed by atoms with Gasteiger partial charge in [0, 0.05) is 39.0 Å². The van der Waals surface area contributed by atoms with Crippen LogP contribution in [0.3, 0.4) is 0 Å². The number of phenolic OH excluding ortho intramolecular Hbond substituents is 1. The van der Waals surface area contributed by atoms with Crippen molar-refractivity contribution in [2.24, 2.45) is 30.7 Å². The number of methoxy groups -OCH3 is 1. The van der Waals surface area contributed by atoms with Crippen LogP contribution in [0.2, 0.25) is 0 Å². The van der Waals surface area contributed by atoms with Crippen LogP contribution in [0.15, 0.2) is 174 Å². The predicted molar refractivity (Wildman–Crippen MR) is 264 cm³/mol. The van der Waals surface area contributed by atoms with Crippen molar-refractivity contribution in [2.45, 2.75) is 29.6 Å². The van der Waals surface area contributed by atoms with Crippen LogP contribution in [-0.4, -0.2) is 63.5 Å². The molecule has 8 aromatic rings. The molecule has 8 aromatic carbocycles. The summed E-state index contributed by atoms with van der Waals surface area (Å²) < 4.78 is 112. The first-order valence-electron chi connectivity index (χ1n) is 21.0. The second kappa shape index (κ2) is 20.1. The van der Waals surface area contributed by atoms with Gasteiger partial charge in [-0.2, -0.15) is 35.5 Å². The molecule has 70 heavy (non-hydrogen) atoms. The molecule has 0 unspecified atom stereocenters. The summed E-state index contributed by atoms with van der Waals surface area (Å²) in [7, 11) is -11.8. The number of benzene rings is 8. The second-order valence-electron chi connectivity index (χ2n) is 15.7. The number of rotatable bonds is 17. The number of phenols is 1. The van der Waals surface area contributed by atoms with Gasteiger partial charge < -0.3 is 19.9 Å². The van der Waals surface area contributed by atoms with Gasteiger partial charge in [-0.25, -0.2) is 0 Å². The molecule has 0 saturated heterocycles. The lowest BCUT2D eigenvalue weighted by Crippen LogP contribution is -2.06. The molecule has 0 radical (unpaired) electrons. The maximum Gasteiger partial charge on any atom is 0.295 e. The number of aryl methyl sites for hydroxylation is 1. The molecule has 0 atom stereocenters. The van der Waals surface area contributed by atoms with E-state index in [1.807, 2.05) is 30.3 Å². The molecular formula is C48H41N7O12S3. The van der Waals surface area contributed by atoms with Gasteiger partial charge in [0.25, 0.3) is 30.4 Å². The standard InChI is InChI=1S/C48H41N7O12S3/c1-29-24-45(46(67-22-3-4-23-68(57,58)59)28-44(29)54-50-34-10-8-30-6-5-7-47(39(30)26-34)70(63,64)65)55-51-41-20-21-42(40-27-36(69(60,61)62)16-18-38(40)41)52-53-43-19-9-31-25-33(13-17-37(31)48(43)56)49-32-11-14-35(66-2)15-12-32/h5-21,24-28,49,56H,3-4,22-23H2,1-2H3,(H,57,58,59)(H,60,61,62)(H,63,64,65). The van der Waals surface area contributed by atoms with Crippen LogP contribution < -0.4 is 14.8 Å². The molecule has 22 heteroatoms. The minimum atomic E-state index is -4.67. The van der Waals surface area contributed by atoms with Crippen molar-refractivity contribution in [3.8, 4) is 17.2 Å². The van der Waals surface area contributed by atoms with Gasteiger partial charge in [-0.05, 0) is 133 Å². The van der Waals surface area contributed by atoms with Gasteiger partial charge in [0.15, 0.2) is 5.75 Å². The Morgan fingerprint density at radius 3 is 1.91 bits per heavy atom. The van der Waals surface area contributed by atoms with E-state index in [1.54, 1.807) is 68.6 Å². The van der Waals surface area contributed by atoms with Gasteiger partial charge in [0.05, 0.1) is 47.1 Å².